The molecule has 0 amide bonds. The van der Waals surface area contributed by atoms with E-state index in [9.17, 15) is 8.42 Å². The van der Waals surface area contributed by atoms with Crippen LogP contribution < -0.4 is 0 Å². The van der Waals surface area contributed by atoms with Crippen LogP contribution in [0.5, 0.6) is 0 Å². The summed E-state index contributed by atoms with van der Waals surface area (Å²) in [6, 6.07) is 22.4. The number of hydrogen-bond donors (Lipinski definition) is 0. The van der Waals surface area contributed by atoms with Gasteiger partial charge in [0.05, 0.1) is 17.8 Å². The van der Waals surface area contributed by atoms with Gasteiger partial charge in [-0.2, -0.15) is 13.1 Å². The van der Waals surface area contributed by atoms with Gasteiger partial charge in [0, 0.05) is 26.2 Å². The van der Waals surface area contributed by atoms with Crippen LogP contribution in [0.1, 0.15) is 17.2 Å². The Labute approximate surface area is 185 Å². The Kier molecular flexibility index (Phi) is 4.43. The van der Waals surface area contributed by atoms with Crippen LogP contribution in [0.25, 0.3) is 22.2 Å². The predicted octanol–water partition coefficient (Wildman–Crippen LogP) is 3.77. The van der Waals surface area contributed by atoms with Crippen molar-refractivity contribution in [3.63, 3.8) is 0 Å². The van der Waals surface area contributed by atoms with Crippen molar-refractivity contribution in [3.8, 4) is 11.1 Å². The molecule has 6 nitrogen and oxygen atoms in total. The van der Waals surface area contributed by atoms with E-state index in [2.05, 4.69) is 62.2 Å². The lowest BCUT2D eigenvalue weighted by Gasteiger charge is -2.38. The molecule has 1 aliphatic carbocycles. The highest BCUT2D eigenvalue weighted by Crippen LogP contribution is 2.46. The average Bonchev–Trinajstić information content (AvgIpc) is 3.42. The van der Waals surface area contributed by atoms with Crippen molar-refractivity contribution in [1.29, 1.82) is 0 Å². The molecule has 8 heteroatoms. The molecule has 31 heavy (non-hydrogen) atoms. The van der Waals surface area contributed by atoms with E-state index in [1.807, 2.05) is 0 Å². The van der Waals surface area contributed by atoms with Crippen LogP contribution in [0, 0.1) is 0 Å². The summed E-state index contributed by atoms with van der Waals surface area (Å²) >= 11 is 1.04. The molecule has 1 aromatic heterocycles. The normalized spacial score (nSPS) is 17.7. The highest BCUT2D eigenvalue weighted by atomic mass is 32.2. The lowest BCUT2D eigenvalue weighted by Crippen LogP contribution is -2.49. The third-order valence-electron chi connectivity index (χ3n) is 6.31. The Hall–Kier alpha value is -2.65. The molecule has 2 heterocycles. The molecule has 4 aromatic rings. The zero-order chi connectivity index (χ0) is 21.0. The number of fused-ring (bicyclic) bond motifs is 4. The van der Waals surface area contributed by atoms with Gasteiger partial charge in [-0.05, 0) is 34.4 Å². The minimum Gasteiger partial charge on any atom is -0.290 e. The van der Waals surface area contributed by atoms with Crippen LogP contribution >= 0.6 is 11.7 Å². The Morgan fingerprint density at radius 2 is 1.42 bits per heavy atom. The molecule has 0 atom stereocenters. The summed E-state index contributed by atoms with van der Waals surface area (Å²) in [5.74, 6) is 0. The third kappa shape index (κ3) is 2.94. The summed E-state index contributed by atoms with van der Waals surface area (Å²) in [7, 11) is -3.62. The number of hydrogen-bond acceptors (Lipinski definition) is 6. The maximum absolute atomic E-state index is 13.4. The number of aromatic nitrogens is 2. The molecule has 3 aromatic carbocycles. The van der Waals surface area contributed by atoms with Crippen LogP contribution in [-0.4, -0.2) is 52.5 Å². The Bertz CT molecular complexity index is 1350. The fourth-order valence-electron chi connectivity index (χ4n) is 4.85. The van der Waals surface area contributed by atoms with Gasteiger partial charge in [-0.1, -0.05) is 54.6 Å². The highest BCUT2D eigenvalue weighted by molar-refractivity contribution is 7.89. The van der Waals surface area contributed by atoms with Gasteiger partial charge in [0.2, 0.25) is 10.0 Å². The predicted molar refractivity (Wildman–Crippen MR) is 121 cm³/mol. The topological polar surface area (TPSA) is 66.4 Å². The number of benzene rings is 3. The van der Waals surface area contributed by atoms with E-state index in [4.69, 9.17) is 0 Å². The van der Waals surface area contributed by atoms with Gasteiger partial charge in [0.25, 0.3) is 0 Å². The summed E-state index contributed by atoms with van der Waals surface area (Å²) in [4.78, 5) is 2.66. The Morgan fingerprint density at radius 1 is 0.774 bits per heavy atom. The molecule has 0 spiro atoms. The zero-order valence-corrected chi connectivity index (χ0v) is 18.3. The quantitative estimate of drug-likeness (QED) is 0.477. The second-order valence-corrected chi connectivity index (χ2v) is 10.3. The molecule has 0 saturated carbocycles. The molecule has 0 bridgehead atoms. The van der Waals surface area contributed by atoms with E-state index < -0.39 is 10.0 Å². The lowest BCUT2D eigenvalue weighted by atomic mass is 10.0. The molecule has 0 radical (unpaired) electrons. The molecule has 1 saturated heterocycles. The number of sulfonamides is 1. The molecular weight excluding hydrogens is 428 g/mol. The molecule has 1 aliphatic heterocycles. The van der Waals surface area contributed by atoms with Crippen molar-refractivity contribution in [2.45, 2.75) is 10.9 Å². The summed E-state index contributed by atoms with van der Waals surface area (Å²) in [5, 5.41) is 0. The highest BCUT2D eigenvalue weighted by Gasteiger charge is 2.37. The van der Waals surface area contributed by atoms with Crippen molar-refractivity contribution in [2.24, 2.45) is 0 Å². The second-order valence-electron chi connectivity index (χ2n) is 7.91. The SMILES string of the molecule is O=S(=O)(c1cccc2nsnc12)N1CCN(C2c3ccccc3-c3ccccc32)CC1. The van der Waals surface area contributed by atoms with Gasteiger partial charge in [-0.15, -0.1) is 0 Å². The van der Waals surface area contributed by atoms with Crippen molar-refractivity contribution in [2.75, 3.05) is 26.2 Å². The van der Waals surface area contributed by atoms with Gasteiger partial charge < -0.3 is 0 Å². The van der Waals surface area contributed by atoms with E-state index >= 15 is 0 Å². The van der Waals surface area contributed by atoms with Gasteiger partial charge in [0.15, 0.2) is 0 Å². The van der Waals surface area contributed by atoms with Crippen molar-refractivity contribution >= 4 is 32.8 Å². The fraction of sp³-hybridized carbons (Fsp3) is 0.217. The zero-order valence-electron chi connectivity index (χ0n) is 16.7. The minimum absolute atomic E-state index is 0.170. The van der Waals surface area contributed by atoms with Crippen LogP contribution in [0.4, 0.5) is 0 Å². The van der Waals surface area contributed by atoms with E-state index in [-0.39, 0.29) is 10.9 Å². The minimum atomic E-state index is -3.62. The summed E-state index contributed by atoms with van der Waals surface area (Å²) in [5.41, 5.74) is 6.26. The maximum Gasteiger partial charge on any atom is 0.245 e. The number of rotatable bonds is 3. The molecule has 0 unspecified atom stereocenters. The lowest BCUT2D eigenvalue weighted by molar-refractivity contribution is 0.158. The Balaban J connectivity index is 1.29. The maximum atomic E-state index is 13.4. The summed E-state index contributed by atoms with van der Waals surface area (Å²) < 4.78 is 36.7. The first-order valence-electron chi connectivity index (χ1n) is 10.3. The summed E-state index contributed by atoms with van der Waals surface area (Å²) in [6.07, 6.45) is 0. The standard InChI is InChI=1S/C23H20N4O2S2/c28-31(29,21-11-5-10-20-22(21)25-30-24-20)27-14-12-26(13-15-27)23-18-8-3-1-6-16(18)17-7-2-4-9-19(17)23/h1-11,23H,12-15H2. The van der Waals surface area contributed by atoms with Gasteiger partial charge >= 0.3 is 0 Å². The summed E-state index contributed by atoms with van der Waals surface area (Å²) in [6.45, 7) is 2.27. The fourth-order valence-corrected chi connectivity index (χ4v) is 7.03. The largest absolute Gasteiger partial charge is 0.290 e. The van der Waals surface area contributed by atoms with E-state index in [0.717, 1.165) is 11.7 Å². The monoisotopic (exact) mass is 448 g/mol. The Morgan fingerprint density at radius 3 is 2.10 bits per heavy atom. The third-order valence-corrected chi connectivity index (χ3v) is 8.78. The second kappa shape index (κ2) is 7.20. The number of piperazine rings is 1. The van der Waals surface area contributed by atoms with E-state index in [0.29, 0.717) is 37.2 Å². The molecular formula is C23H20N4O2S2. The van der Waals surface area contributed by atoms with Gasteiger partial charge in [0.1, 0.15) is 15.9 Å². The van der Waals surface area contributed by atoms with Crippen LogP contribution in [0.2, 0.25) is 0 Å². The van der Waals surface area contributed by atoms with Gasteiger partial charge in [-0.3, -0.25) is 4.90 Å². The van der Waals surface area contributed by atoms with Crippen LogP contribution in [0.3, 0.4) is 0 Å². The van der Waals surface area contributed by atoms with Crippen LogP contribution in [0.15, 0.2) is 71.6 Å². The first-order valence-corrected chi connectivity index (χ1v) is 12.5. The molecule has 156 valence electrons. The molecule has 2 aliphatic rings. The van der Waals surface area contributed by atoms with Crippen LogP contribution in [-0.2, 0) is 10.0 Å². The van der Waals surface area contributed by atoms with Gasteiger partial charge in [-0.25, -0.2) is 8.42 Å². The van der Waals surface area contributed by atoms with E-state index in [1.54, 1.807) is 22.5 Å². The van der Waals surface area contributed by atoms with Crippen molar-refractivity contribution < 1.29 is 8.42 Å². The average molecular weight is 449 g/mol. The smallest absolute Gasteiger partial charge is 0.245 e. The molecule has 6 rings (SSSR count). The van der Waals surface area contributed by atoms with Crippen molar-refractivity contribution in [1.82, 2.24) is 18.0 Å². The number of nitrogens with zero attached hydrogens (tertiary/aromatic N) is 4. The first kappa shape index (κ1) is 19.1. The first-order chi connectivity index (χ1) is 15.1. The van der Waals surface area contributed by atoms with Crippen molar-refractivity contribution in [3.05, 3.63) is 77.9 Å². The van der Waals surface area contributed by atoms with E-state index in [1.165, 1.54) is 22.3 Å². The molecule has 1 fully saturated rings. The molecule has 0 N–H and O–H groups in total.